The van der Waals surface area contributed by atoms with E-state index in [0.29, 0.717) is 47.0 Å². The number of nitrogens with zero attached hydrogens (tertiary/aromatic N) is 1. The predicted molar refractivity (Wildman–Crippen MR) is 183 cm³/mol. The normalized spacial score (nSPS) is 18.7. The number of esters is 2. The van der Waals surface area contributed by atoms with E-state index in [4.69, 9.17) is 40.0 Å². The lowest BCUT2D eigenvalue weighted by Gasteiger charge is -2.34. The molecular formula is C39H32ClNO9. The van der Waals surface area contributed by atoms with Crippen molar-refractivity contribution in [3.05, 3.63) is 111 Å². The third kappa shape index (κ3) is 5.40. The fourth-order valence-electron chi connectivity index (χ4n) is 7.48. The summed E-state index contributed by atoms with van der Waals surface area (Å²) >= 11 is 6.23. The SMILES string of the molecule is COc1cc([C@@H]2c3cc4c(cc3C[C@H]3COC(=O)[C@@H]32)OCO4)cc(OC)c1OC(=O)C(=O)c1cn(Cc2cccc(Cl)c2)c2cc(C)ccc12. The number of hydrogen-bond acceptors (Lipinski definition) is 9. The van der Waals surface area contributed by atoms with Crippen molar-refractivity contribution in [1.29, 1.82) is 0 Å². The van der Waals surface area contributed by atoms with E-state index in [0.717, 1.165) is 27.8 Å². The fraction of sp³-hybridized carbons (Fsp3) is 0.256. The molecule has 4 aromatic carbocycles. The summed E-state index contributed by atoms with van der Waals surface area (Å²) in [5.41, 5.74) is 5.56. The summed E-state index contributed by atoms with van der Waals surface area (Å²) in [6.07, 6.45) is 2.31. The molecular weight excluding hydrogens is 662 g/mol. The third-order valence-corrected chi connectivity index (χ3v) is 10.0. The van der Waals surface area contributed by atoms with Gasteiger partial charge in [0, 0.05) is 40.5 Å². The number of methoxy groups -OCH3 is 2. The molecule has 1 aliphatic carbocycles. The zero-order valence-electron chi connectivity index (χ0n) is 27.5. The van der Waals surface area contributed by atoms with Crippen molar-refractivity contribution >= 4 is 40.2 Å². The van der Waals surface area contributed by atoms with Gasteiger partial charge in [0.05, 0.1) is 32.3 Å². The third-order valence-electron chi connectivity index (χ3n) is 9.78. The molecule has 2 aliphatic heterocycles. The molecule has 0 bridgehead atoms. The second kappa shape index (κ2) is 12.4. The molecule has 1 aromatic heterocycles. The van der Waals surface area contributed by atoms with Crippen LogP contribution in [-0.2, 0) is 27.3 Å². The molecule has 10 nitrogen and oxygen atoms in total. The van der Waals surface area contributed by atoms with Crippen LogP contribution >= 0.6 is 11.6 Å². The molecule has 1 fully saturated rings. The standard InChI is InChI=1S/C39H32ClNO9/c1-20-7-8-26-28(17-41(29(26)9-20)16-21-5-4-6-25(40)10-21)36(42)39(44)50-37-32(45-2)13-23(14-33(37)46-3)34-27-15-31-30(48-19-49-31)12-22(27)11-24-18-47-38(43)35(24)34/h4-10,12-15,17,24,34-35H,11,16,18-19H2,1-3H3/t24-,34+,35-/m0/s1. The molecule has 8 rings (SSSR count). The Labute approximate surface area is 292 Å². The zero-order chi connectivity index (χ0) is 34.7. The largest absolute Gasteiger partial charge is 0.493 e. The number of carbonyl (C=O) groups excluding carboxylic acids is 3. The summed E-state index contributed by atoms with van der Waals surface area (Å²) in [6, 6.07) is 20.5. The number of aryl methyl sites for hydroxylation is 1. The highest BCUT2D eigenvalue weighted by Crippen LogP contribution is 2.52. The maximum Gasteiger partial charge on any atom is 0.385 e. The van der Waals surface area contributed by atoms with E-state index in [1.54, 1.807) is 24.4 Å². The number of aromatic nitrogens is 1. The molecule has 0 unspecified atom stereocenters. The van der Waals surface area contributed by atoms with Crippen molar-refractivity contribution in [1.82, 2.24) is 4.57 Å². The van der Waals surface area contributed by atoms with Crippen molar-refractivity contribution in [3.63, 3.8) is 0 Å². The van der Waals surface area contributed by atoms with Gasteiger partial charge in [0.2, 0.25) is 12.5 Å². The Balaban J connectivity index is 1.14. The van der Waals surface area contributed by atoms with E-state index in [1.165, 1.54) is 14.2 Å². The minimum absolute atomic E-state index is 0.0442. The highest BCUT2D eigenvalue weighted by atomic mass is 35.5. The van der Waals surface area contributed by atoms with Crippen molar-refractivity contribution in [2.24, 2.45) is 11.8 Å². The first-order valence-electron chi connectivity index (χ1n) is 16.2. The molecule has 3 aliphatic rings. The van der Waals surface area contributed by atoms with E-state index in [1.807, 2.05) is 60.0 Å². The van der Waals surface area contributed by atoms with Gasteiger partial charge in [0.25, 0.3) is 5.78 Å². The highest BCUT2D eigenvalue weighted by Gasteiger charge is 2.48. The van der Waals surface area contributed by atoms with Gasteiger partial charge in [-0.05, 0) is 83.6 Å². The Hall–Kier alpha value is -5.48. The number of cyclic esters (lactones) is 1. The molecule has 254 valence electrons. The van der Waals surface area contributed by atoms with Gasteiger partial charge in [-0.1, -0.05) is 35.9 Å². The highest BCUT2D eigenvalue weighted by molar-refractivity contribution is 6.43. The monoisotopic (exact) mass is 693 g/mol. The number of carbonyl (C=O) groups is 3. The van der Waals surface area contributed by atoms with Gasteiger partial charge in [-0.2, -0.15) is 0 Å². The molecule has 3 atom stereocenters. The summed E-state index contributed by atoms with van der Waals surface area (Å²) in [5.74, 6) is -1.62. The summed E-state index contributed by atoms with van der Waals surface area (Å²) in [6.45, 7) is 2.84. The van der Waals surface area contributed by atoms with Crippen molar-refractivity contribution < 1.29 is 42.8 Å². The van der Waals surface area contributed by atoms with Crippen LogP contribution in [0.2, 0.25) is 5.02 Å². The zero-order valence-corrected chi connectivity index (χ0v) is 28.2. The van der Waals surface area contributed by atoms with Crippen molar-refractivity contribution in [2.45, 2.75) is 25.8 Å². The Morgan fingerprint density at radius 3 is 2.44 bits per heavy atom. The molecule has 5 aromatic rings. The number of halogens is 1. The van der Waals surface area contributed by atoms with Gasteiger partial charge < -0.3 is 33.0 Å². The lowest BCUT2D eigenvalue weighted by atomic mass is 9.67. The number of fused-ring (bicyclic) bond motifs is 4. The van der Waals surface area contributed by atoms with Gasteiger partial charge in [0.1, 0.15) is 0 Å². The predicted octanol–water partition coefficient (Wildman–Crippen LogP) is 6.66. The van der Waals surface area contributed by atoms with Gasteiger partial charge in [0.15, 0.2) is 23.0 Å². The number of Topliss-reactive ketones (excluding diaryl/α,β-unsaturated/α-hetero) is 1. The quantitative estimate of drug-likeness (QED) is 0.0762. The Bertz CT molecular complexity index is 2200. The van der Waals surface area contributed by atoms with Gasteiger partial charge >= 0.3 is 11.9 Å². The average molecular weight is 694 g/mol. The van der Waals surface area contributed by atoms with Crippen LogP contribution in [0.4, 0.5) is 0 Å². The molecule has 0 saturated carbocycles. The Morgan fingerprint density at radius 1 is 0.940 bits per heavy atom. The van der Waals surface area contributed by atoms with E-state index in [2.05, 4.69) is 0 Å². The average Bonchev–Trinajstić information content (AvgIpc) is 3.82. The summed E-state index contributed by atoms with van der Waals surface area (Å²) < 4.78 is 36.0. The number of hydrogen-bond donors (Lipinski definition) is 0. The van der Waals surface area contributed by atoms with Crippen LogP contribution in [0, 0.1) is 18.8 Å². The molecule has 0 N–H and O–H groups in total. The minimum atomic E-state index is -1.10. The van der Waals surface area contributed by atoms with Crippen molar-refractivity contribution in [3.8, 4) is 28.7 Å². The Kier molecular flexibility index (Phi) is 7.91. The first-order valence-corrected chi connectivity index (χ1v) is 16.6. The Morgan fingerprint density at radius 2 is 1.70 bits per heavy atom. The smallest absolute Gasteiger partial charge is 0.385 e. The van der Waals surface area contributed by atoms with Gasteiger partial charge in [-0.25, -0.2) is 4.79 Å². The maximum atomic E-state index is 13.8. The second-order valence-electron chi connectivity index (χ2n) is 12.8. The first-order chi connectivity index (χ1) is 24.2. The number of ether oxygens (including phenoxy) is 6. The summed E-state index contributed by atoms with van der Waals surface area (Å²) in [7, 11) is 2.87. The van der Waals surface area contributed by atoms with Crippen LogP contribution < -0.4 is 23.7 Å². The second-order valence-corrected chi connectivity index (χ2v) is 13.2. The molecule has 0 spiro atoms. The van der Waals surface area contributed by atoms with Crippen LogP contribution in [0.5, 0.6) is 28.7 Å². The lowest BCUT2D eigenvalue weighted by molar-refractivity contribution is -0.141. The van der Waals surface area contributed by atoms with E-state index < -0.39 is 23.6 Å². The molecule has 0 amide bonds. The fourth-order valence-corrected chi connectivity index (χ4v) is 7.69. The molecule has 11 heteroatoms. The topological polar surface area (TPSA) is 112 Å². The molecule has 3 heterocycles. The number of ketones is 1. The molecule has 50 heavy (non-hydrogen) atoms. The van der Waals surface area contributed by atoms with Crippen LogP contribution in [0.3, 0.4) is 0 Å². The first kappa shape index (κ1) is 31.8. The van der Waals surface area contributed by atoms with E-state index >= 15 is 0 Å². The van der Waals surface area contributed by atoms with Crippen LogP contribution in [0.25, 0.3) is 10.9 Å². The number of benzene rings is 4. The minimum Gasteiger partial charge on any atom is -0.493 e. The van der Waals surface area contributed by atoms with Gasteiger partial charge in [-0.3, -0.25) is 9.59 Å². The summed E-state index contributed by atoms with van der Waals surface area (Å²) in [4.78, 5) is 40.6. The lowest BCUT2D eigenvalue weighted by Crippen LogP contribution is -2.31. The van der Waals surface area contributed by atoms with Crippen LogP contribution in [0.15, 0.2) is 72.9 Å². The van der Waals surface area contributed by atoms with Crippen molar-refractivity contribution in [2.75, 3.05) is 27.6 Å². The maximum absolute atomic E-state index is 13.8. The van der Waals surface area contributed by atoms with Crippen LogP contribution in [-0.4, -0.2) is 49.9 Å². The van der Waals surface area contributed by atoms with E-state index in [9.17, 15) is 14.4 Å². The number of rotatable bonds is 8. The molecule has 1 saturated heterocycles. The van der Waals surface area contributed by atoms with Gasteiger partial charge in [-0.15, -0.1) is 0 Å². The van der Waals surface area contributed by atoms with Crippen LogP contribution in [0.1, 0.15) is 44.1 Å². The van der Waals surface area contributed by atoms with E-state index in [-0.39, 0.29) is 41.5 Å². The summed E-state index contributed by atoms with van der Waals surface area (Å²) in [5, 5.41) is 1.22. The molecule has 0 radical (unpaired) electrons.